The number of amides is 4. The van der Waals surface area contributed by atoms with Gasteiger partial charge < -0.3 is 10.2 Å². The Hall–Kier alpha value is -3.47. The van der Waals surface area contributed by atoms with E-state index in [4.69, 9.17) is 11.6 Å². The van der Waals surface area contributed by atoms with E-state index in [9.17, 15) is 36.7 Å². The van der Waals surface area contributed by atoms with Crippen molar-refractivity contribution in [3.63, 3.8) is 0 Å². The molecule has 0 aromatic heterocycles. The maximum absolute atomic E-state index is 14.3. The third kappa shape index (κ3) is 5.31. The number of piperidine rings is 1. The van der Waals surface area contributed by atoms with Crippen LogP contribution in [0.3, 0.4) is 0 Å². The lowest BCUT2D eigenvalue weighted by Gasteiger charge is -2.41. The zero-order valence-electron chi connectivity index (χ0n) is 22.0. The van der Waals surface area contributed by atoms with Crippen molar-refractivity contribution in [2.75, 3.05) is 20.1 Å². The maximum Gasteiger partial charge on any atom is 0.416 e. The van der Waals surface area contributed by atoms with Gasteiger partial charge in [0.1, 0.15) is 11.9 Å². The second-order valence-corrected chi connectivity index (χ2v) is 11.0. The zero-order chi connectivity index (χ0) is 29.6. The summed E-state index contributed by atoms with van der Waals surface area (Å²) in [5.74, 6) is -4.78. The minimum Gasteiger partial charge on any atom is -0.341 e. The smallest absolute Gasteiger partial charge is 0.341 e. The summed E-state index contributed by atoms with van der Waals surface area (Å²) in [5, 5.41) is 2.81. The number of benzene rings is 2. The Morgan fingerprint density at radius 2 is 1.73 bits per heavy atom. The molecule has 40 heavy (non-hydrogen) atoms. The summed E-state index contributed by atoms with van der Waals surface area (Å²) in [5.41, 5.74) is -2.49. The third-order valence-electron chi connectivity index (χ3n) is 7.77. The molecule has 0 saturated carbocycles. The second kappa shape index (κ2) is 10.8. The van der Waals surface area contributed by atoms with Gasteiger partial charge in [-0.2, -0.15) is 13.2 Å². The number of likely N-dealkylation sites (tertiary alicyclic amines) is 2. The Bertz CT molecular complexity index is 1360. The van der Waals surface area contributed by atoms with Crippen LogP contribution in [0.5, 0.6) is 0 Å². The van der Waals surface area contributed by atoms with Gasteiger partial charge in [0.25, 0.3) is 5.91 Å². The van der Waals surface area contributed by atoms with Crippen LogP contribution in [0.25, 0.3) is 0 Å². The molecule has 2 aromatic carbocycles. The molecule has 2 fully saturated rings. The fourth-order valence-electron chi connectivity index (χ4n) is 5.57. The van der Waals surface area contributed by atoms with Crippen LogP contribution >= 0.6 is 11.6 Å². The van der Waals surface area contributed by atoms with E-state index in [-0.39, 0.29) is 37.7 Å². The number of halogens is 5. The van der Waals surface area contributed by atoms with E-state index in [1.54, 1.807) is 38.1 Å². The van der Waals surface area contributed by atoms with Crippen LogP contribution in [0.15, 0.2) is 42.5 Å². The molecule has 214 valence electrons. The highest BCUT2D eigenvalue weighted by Crippen LogP contribution is 2.51. The van der Waals surface area contributed by atoms with Crippen molar-refractivity contribution < 1.29 is 36.7 Å². The van der Waals surface area contributed by atoms with Gasteiger partial charge in [-0.3, -0.25) is 24.1 Å². The van der Waals surface area contributed by atoms with E-state index < -0.39 is 58.2 Å². The lowest BCUT2D eigenvalue weighted by atomic mass is 9.67. The zero-order valence-corrected chi connectivity index (χ0v) is 22.8. The van der Waals surface area contributed by atoms with Gasteiger partial charge in [-0.05, 0) is 54.7 Å². The molecule has 1 N–H and O–H groups in total. The number of hydrogen-bond donors (Lipinski definition) is 1. The fourth-order valence-corrected chi connectivity index (χ4v) is 5.77. The molecule has 12 heteroatoms. The van der Waals surface area contributed by atoms with Gasteiger partial charge in [0.05, 0.1) is 22.5 Å². The Morgan fingerprint density at radius 3 is 2.30 bits per heavy atom. The van der Waals surface area contributed by atoms with E-state index in [0.717, 1.165) is 4.90 Å². The minimum absolute atomic E-state index is 0.0970. The molecule has 2 aromatic rings. The molecule has 4 amide bonds. The van der Waals surface area contributed by atoms with Gasteiger partial charge in [-0.25, -0.2) is 4.39 Å². The van der Waals surface area contributed by atoms with Crippen LogP contribution in [-0.4, -0.2) is 59.6 Å². The molecular formula is C28H28ClF4N3O4. The molecule has 1 spiro atoms. The predicted molar refractivity (Wildman–Crippen MR) is 138 cm³/mol. The molecule has 2 aliphatic rings. The van der Waals surface area contributed by atoms with Crippen LogP contribution < -0.4 is 5.32 Å². The van der Waals surface area contributed by atoms with Gasteiger partial charge >= 0.3 is 6.18 Å². The summed E-state index contributed by atoms with van der Waals surface area (Å²) >= 11 is 6.15. The summed E-state index contributed by atoms with van der Waals surface area (Å²) in [7, 11) is 1.42. The summed E-state index contributed by atoms with van der Waals surface area (Å²) in [4.78, 5) is 55.3. The Kier molecular flexibility index (Phi) is 7.99. The van der Waals surface area contributed by atoms with Gasteiger partial charge in [0, 0.05) is 25.2 Å². The number of hydrogen-bond acceptors (Lipinski definition) is 4. The van der Waals surface area contributed by atoms with Crippen molar-refractivity contribution in [1.29, 1.82) is 0 Å². The SMILES string of the molecule is CC(C)[C@@H](NC(=O)c1cc(C(F)(F)F)ccc1F)C(=O)N1CCC2(CC1)C(=O)N(C)C(=O)C2c1cccc(Cl)c1. The quantitative estimate of drug-likeness (QED) is 0.412. The lowest BCUT2D eigenvalue weighted by molar-refractivity contribution is -0.144. The molecule has 0 radical (unpaired) electrons. The van der Waals surface area contributed by atoms with Crippen molar-refractivity contribution in [2.24, 2.45) is 11.3 Å². The summed E-state index contributed by atoms with van der Waals surface area (Å²) in [6.07, 6.45) is -4.44. The predicted octanol–water partition coefficient (Wildman–Crippen LogP) is 4.64. The summed E-state index contributed by atoms with van der Waals surface area (Å²) < 4.78 is 53.6. The number of likely N-dealkylation sites (N-methyl/N-ethyl adjacent to an activating group) is 1. The standard InChI is InChI=1S/C28H28ClF4N3O4/c1-15(2)22(34-23(37)19-14-17(28(31,32)33)7-8-20(19)30)25(39)36-11-9-27(10-12-36)21(24(38)35(3)26(27)40)16-5-4-6-18(29)13-16/h4-8,13-15,21-22H,9-12H2,1-3H3,(H,34,37)/t21?,22-/m1/s1. The summed E-state index contributed by atoms with van der Waals surface area (Å²) in [6, 6.07) is 7.07. The van der Waals surface area contributed by atoms with Crippen molar-refractivity contribution in [3.8, 4) is 0 Å². The average molecular weight is 582 g/mol. The normalized spacial score (nSPS) is 19.9. The highest BCUT2D eigenvalue weighted by molar-refractivity contribution is 6.30. The second-order valence-electron chi connectivity index (χ2n) is 10.6. The first kappa shape index (κ1) is 29.5. The van der Waals surface area contributed by atoms with Crippen molar-refractivity contribution >= 4 is 35.2 Å². The van der Waals surface area contributed by atoms with E-state index in [2.05, 4.69) is 5.32 Å². The number of carbonyl (C=O) groups is 4. The first-order chi connectivity index (χ1) is 18.7. The topological polar surface area (TPSA) is 86.8 Å². The molecule has 0 aliphatic carbocycles. The Balaban J connectivity index is 1.53. The fraction of sp³-hybridized carbons (Fsp3) is 0.429. The monoisotopic (exact) mass is 581 g/mol. The minimum atomic E-state index is -4.78. The van der Waals surface area contributed by atoms with Crippen LogP contribution in [0.1, 0.15) is 54.1 Å². The van der Waals surface area contributed by atoms with E-state index in [0.29, 0.717) is 28.8 Å². The van der Waals surface area contributed by atoms with E-state index in [1.807, 2.05) is 0 Å². The molecule has 2 atom stereocenters. The Morgan fingerprint density at radius 1 is 1.07 bits per heavy atom. The van der Waals surface area contributed by atoms with Crippen molar-refractivity contribution in [1.82, 2.24) is 15.1 Å². The molecule has 4 rings (SSSR count). The summed E-state index contributed by atoms with van der Waals surface area (Å²) in [6.45, 7) is 3.47. The molecule has 2 heterocycles. The molecule has 2 saturated heterocycles. The van der Waals surface area contributed by atoms with Crippen LogP contribution in [0, 0.1) is 17.2 Å². The van der Waals surface area contributed by atoms with Crippen molar-refractivity contribution in [2.45, 2.75) is 44.8 Å². The third-order valence-corrected chi connectivity index (χ3v) is 8.00. The van der Waals surface area contributed by atoms with Crippen LogP contribution in [-0.2, 0) is 20.6 Å². The largest absolute Gasteiger partial charge is 0.416 e. The van der Waals surface area contributed by atoms with Crippen molar-refractivity contribution in [3.05, 3.63) is 70.0 Å². The average Bonchev–Trinajstić information content (AvgIpc) is 3.07. The number of carbonyl (C=O) groups excluding carboxylic acids is 4. The molecule has 1 unspecified atom stereocenters. The van der Waals surface area contributed by atoms with Gasteiger partial charge in [-0.15, -0.1) is 0 Å². The van der Waals surface area contributed by atoms with Crippen LogP contribution in [0.2, 0.25) is 5.02 Å². The number of nitrogens with zero attached hydrogens (tertiary/aromatic N) is 2. The molecule has 0 bridgehead atoms. The van der Waals surface area contributed by atoms with Gasteiger partial charge in [0.15, 0.2) is 0 Å². The molecular weight excluding hydrogens is 554 g/mol. The lowest BCUT2D eigenvalue weighted by Crippen LogP contribution is -2.55. The number of alkyl halides is 3. The highest BCUT2D eigenvalue weighted by atomic mass is 35.5. The number of nitrogens with one attached hydrogen (secondary N) is 1. The first-order valence-corrected chi connectivity index (χ1v) is 13.1. The number of imide groups is 1. The van der Waals surface area contributed by atoms with Gasteiger partial charge in [-0.1, -0.05) is 37.6 Å². The molecule has 7 nitrogen and oxygen atoms in total. The van der Waals surface area contributed by atoms with E-state index in [1.165, 1.54) is 11.9 Å². The Labute approximate surface area is 233 Å². The molecule has 2 aliphatic heterocycles. The number of rotatable bonds is 5. The highest BCUT2D eigenvalue weighted by Gasteiger charge is 2.59. The van der Waals surface area contributed by atoms with E-state index >= 15 is 0 Å². The first-order valence-electron chi connectivity index (χ1n) is 12.7. The maximum atomic E-state index is 14.3. The van der Waals surface area contributed by atoms with Crippen LogP contribution in [0.4, 0.5) is 17.6 Å². The van der Waals surface area contributed by atoms with Gasteiger partial charge in [0.2, 0.25) is 17.7 Å².